The quantitative estimate of drug-likeness (QED) is 0.867. The molecule has 24 heavy (non-hydrogen) atoms. The molecule has 1 heterocycles. The van der Waals surface area contributed by atoms with Gasteiger partial charge in [0.05, 0.1) is 16.8 Å². The second kappa shape index (κ2) is 7.04. The Balaban J connectivity index is 2.50. The smallest absolute Gasteiger partial charge is 0.319 e. The van der Waals surface area contributed by atoms with Crippen LogP contribution in [-0.4, -0.2) is 37.0 Å². The summed E-state index contributed by atoms with van der Waals surface area (Å²) in [4.78, 5) is 12.0. The summed E-state index contributed by atoms with van der Waals surface area (Å²) in [7, 11) is -3.37. The van der Waals surface area contributed by atoms with E-state index < -0.39 is 9.84 Å². The van der Waals surface area contributed by atoms with E-state index in [1.807, 2.05) is 20.0 Å². The van der Waals surface area contributed by atoms with Crippen LogP contribution in [-0.2, 0) is 9.84 Å². The van der Waals surface area contributed by atoms with Gasteiger partial charge in [0.1, 0.15) is 0 Å². The van der Waals surface area contributed by atoms with Crippen LogP contribution < -0.4 is 10.6 Å². The first-order valence-electron chi connectivity index (χ1n) is 7.66. The van der Waals surface area contributed by atoms with Gasteiger partial charge in [0.25, 0.3) is 0 Å². The van der Waals surface area contributed by atoms with E-state index in [9.17, 15) is 13.2 Å². The van der Waals surface area contributed by atoms with Gasteiger partial charge >= 0.3 is 6.03 Å². The first kappa shape index (κ1) is 18.0. The van der Waals surface area contributed by atoms with Crippen LogP contribution >= 0.6 is 0 Å². The zero-order valence-electron chi connectivity index (χ0n) is 14.2. The zero-order chi connectivity index (χ0) is 17.9. The minimum atomic E-state index is -3.37. The highest BCUT2D eigenvalue weighted by Gasteiger charge is 2.15. The summed E-state index contributed by atoms with van der Waals surface area (Å²) < 4.78 is 25.4. The number of aromatic nitrogens is 2. The fraction of sp³-hybridized carbons (Fsp3) is 0.375. The van der Waals surface area contributed by atoms with E-state index in [-0.39, 0.29) is 17.0 Å². The highest BCUT2D eigenvalue weighted by atomic mass is 32.2. The van der Waals surface area contributed by atoms with Gasteiger partial charge in [-0.15, -0.1) is 0 Å². The summed E-state index contributed by atoms with van der Waals surface area (Å²) in [5.41, 5.74) is 1.93. The lowest BCUT2D eigenvalue weighted by Crippen LogP contribution is -2.28. The highest BCUT2D eigenvalue weighted by molar-refractivity contribution is 7.90. The number of carbonyl (C=O) groups is 1. The minimum absolute atomic E-state index is 0.147. The van der Waals surface area contributed by atoms with Crippen molar-refractivity contribution in [2.45, 2.75) is 31.7 Å². The van der Waals surface area contributed by atoms with Crippen molar-refractivity contribution in [3.63, 3.8) is 0 Å². The molecule has 2 amide bonds. The average molecular weight is 350 g/mol. The maximum absolute atomic E-state index is 11.9. The zero-order valence-corrected chi connectivity index (χ0v) is 15.0. The van der Waals surface area contributed by atoms with Crippen molar-refractivity contribution in [3.8, 4) is 11.1 Å². The van der Waals surface area contributed by atoms with Crippen LogP contribution in [0.3, 0.4) is 0 Å². The highest BCUT2D eigenvalue weighted by Crippen LogP contribution is 2.30. The van der Waals surface area contributed by atoms with Crippen molar-refractivity contribution in [3.05, 3.63) is 30.6 Å². The summed E-state index contributed by atoms with van der Waals surface area (Å²) in [5, 5.41) is 9.63. The lowest BCUT2D eigenvalue weighted by atomic mass is 10.1. The number of amides is 2. The molecule has 130 valence electrons. The summed E-state index contributed by atoms with van der Waals surface area (Å²) in [6.45, 7) is 6.30. The number of nitrogens with zero attached hydrogens (tertiary/aromatic N) is 2. The molecule has 8 heteroatoms. The third kappa shape index (κ3) is 4.14. The summed E-state index contributed by atoms with van der Waals surface area (Å²) >= 11 is 0. The van der Waals surface area contributed by atoms with Crippen molar-refractivity contribution < 1.29 is 13.2 Å². The normalized spacial score (nSPS) is 11.5. The summed E-state index contributed by atoms with van der Waals surface area (Å²) in [6.07, 6.45) is 4.69. The Hall–Kier alpha value is -2.35. The van der Waals surface area contributed by atoms with Gasteiger partial charge in [-0.3, -0.25) is 4.68 Å². The predicted molar refractivity (Wildman–Crippen MR) is 93.9 cm³/mol. The van der Waals surface area contributed by atoms with Gasteiger partial charge < -0.3 is 10.6 Å². The maximum Gasteiger partial charge on any atom is 0.319 e. The molecule has 0 saturated heterocycles. The molecule has 0 saturated carbocycles. The molecule has 2 N–H and O–H groups in total. The maximum atomic E-state index is 11.9. The van der Waals surface area contributed by atoms with Gasteiger partial charge in [-0.2, -0.15) is 5.10 Å². The Morgan fingerprint density at radius 1 is 1.33 bits per heavy atom. The first-order valence-corrected chi connectivity index (χ1v) is 9.55. The van der Waals surface area contributed by atoms with E-state index >= 15 is 0 Å². The van der Waals surface area contributed by atoms with Crippen molar-refractivity contribution in [1.82, 2.24) is 15.1 Å². The molecule has 0 atom stereocenters. The first-order chi connectivity index (χ1) is 11.2. The van der Waals surface area contributed by atoms with Gasteiger partial charge in [-0.05, 0) is 32.9 Å². The Labute approximate surface area is 142 Å². The lowest BCUT2D eigenvalue weighted by Gasteiger charge is -2.12. The summed E-state index contributed by atoms with van der Waals surface area (Å²) in [6, 6.07) is 4.49. The molecule has 1 aromatic heterocycles. The van der Waals surface area contributed by atoms with E-state index in [1.54, 1.807) is 23.9 Å². The minimum Gasteiger partial charge on any atom is -0.338 e. The number of hydrogen-bond donors (Lipinski definition) is 2. The van der Waals surface area contributed by atoms with Gasteiger partial charge in [-0.1, -0.05) is 6.07 Å². The second-order valence-electron chi connectivity index (χ2n) is 5.77. The largest absolute Gasteiger partial charge is 0.338 e. The van der Waals surface area contributed by atoms with Gasteiger partial charge in [0.15, 0.2) is 9.84 Å². The van der Waals surface area contributed by atoms with E-state index in [1.165, 1.54) is 12.1 Å². The van der Waals surface area contributed by atoms with Crippen LogP contribution in [0.15, 0.2) is 35.5 Å². The molecule has 0 aliphatic carbocycles. The second-order valence-corrected chi connectivity index (χ2v) is 7.78. The molecule has 7 nitrogen and oxygen atoms in total. The predicted octanol–water partition coefficient (Wildman–Crippen LogP) is 2.68. The fourth-order valence-electron chi connectivity index (χ4n) is 2.20. The Bertz CT molecular complexity index is 841. The van der Waals surface area contributed by atoms with Crippen molar-refractivity contribution in [2.24, 2.45) is 0 Å². The number of hydrogen-bond acceptors (Lipinski definition) is 4. The molecular formula is C16H22N4O3S. The lowest BCUT2D eigenvalue weighted by molar-refractivity contribution is 0.252. The Morgan fingerprint density at radius 3 is 2.58 bits per heavy atom. The van der Waals surface area contributed by atoms with Crippen LogP contribution in [0.4, 0.5) is 10.5 Å². The molecular weight excluding hydrogens is 328 g/mol. The topological polar surface area (TPSA) is 93.1 Å². The number of rotatable bonds is 5. The van der Waals surface area contributed by atoms with Crippen LogP contribution in [0.2, 0.25) is 0 Å². The van der Waals surface area contributed by atoms with E-state index in [2.05, 4.69) is 15.7 Å². The molecule has 0 aliphatic heterocycles. The number of benzene rings is 1. The number of nitrogens with one attached hydrogen (secondary N) is 2. The third-order valence-corrected chi connectivity index (χ3v) is 4.56. The summed E-state index contributed by atoms with van der Waals surface area (Å²) in [5.74, 6) is 0. The van der Waals surface area contributed by atoms with Crippen LogP contribution in [0.25, 0.3) is 11.1 Å². The molecule has 0 aliphatic rings. The van der Waals surface area contributed by atoms with Crippen molar-refractivity contribution in [2.75, 3.05) is 18.1 Å². The fourth-order valence-corrected chi connectivity index (χ4v) is 2.84. The molecule has 0 radical (unpaired) electrons. The Kier molecular flexibility index (Phi) is 5.28. The van der Waals surface area contributed by atoms with Gasteiger partial charge in [0.2, 0.25) is 0 Å². The van der Waals surface area contributed by atoms with Crippen LogP contribution in [0.1, 0.15) is 26.8 Å². The third-order valence-electron chi connectivity index (χ3n) is 3.45. The molecule has 0 unspecified atom stereocenters. The van der Waals surface area contributed by atoms with E-state index in [0.717, 1.165) is 11.8 Å². The SMILES string of the molecule is CCNC(=O)Nc1cc(S(C)(=O)=O)ccc1-c1cnn(C(C)C)c1. The molecule has 2 rings (SSSR count). The van der Waals surface area contributed by atoms with Gasteiger partial charge in [0, 0.05) is 36.2 Å². The van der Waals surface area contributed by atoms with Crippen LogP contribution in [0.5, 0.6) is 0 Å². The van der Waals surface area contributed by atoms with Crippen molar-refractivity contribution in [1.29, 1.82) is 0 Å². The molecule has 0 spiro atoms. The van der Waals surface area contributed by atoms with Crippen LogP contribution in [0, 0.1) is 0 Å². The van der Waals surface area contributed by atoms with Gasteiger partial charge in [-0.25, -0.2) is 13.2 Å². The van der Waals surface area contributed by atoms with E-state index in [0.29, 0.717) is 17.8 Å². The average Bonchev–Trinajstić information content (AvgIpc) is 2.96. The Morgan fingerprint density at radius 2 is 2.04 bits per heavy atom. The molecule has 0 bridgehead atoms. The molecule has 2 aromatic rings. The van der Waals surface area contributed by atoms with E-state index in [4.69, 9.17) is 0 Å². The standard InChI is InChI=1S/C16H22N4O3S/c1-5-17-16(21)19-15-8-13(24(4,22)23)6-7-14(15)12-9-18-20(10-12)11(2)3/h6-11H,5H2,1-4H3,(H2,17,19,21). The number of sulfone groups is 1. The number of anilines is 1. The number of urea groups is 1. The molecule has 0 fully saturated rings. The molecule has 1 aromatic carbocycles. The van der Waals surface area contributed by atoms with Crippen molar-refractivity contribution >= 4 is 21.6 Å². The monoisotopic (exact) mass is 350 g/mol. The number of carbonyl (C=O) groups excluding carboxylic acids is 1.